The molecule has 0 heterocycles. The summed E-state index contributed by atoms with van der Waals surface area (Å²) >= 11 is 0. The van der Waals surface area contributed by atoms with Crippen molar-refractivity contribution < 1.29 is 36.2 Å². The molecule has 180 valence electrons. The minimum Gasteiger partial charge on any atom is -0.489 e. The number of alkyl halides is 3. The molecule has 0 atom stereocenters. The highest BCUT2D eigenvalue weighted by Crippen LogP contribution is 2.30. The molecule has 0 saturated heterocycles. The van der Waals surface area contributed by atoms with Crippen molar-refractivity contribution in [1.29, 1.82) is 0 Å². The van der Waals surface area contributed by atoms with Crippen molar-refractivity contribution in [3.05, 3.63) is 89.0 Å². The number of sulfonamides is 1. The van der Waals surface area contributed by atoms with E-state index in [0.29, 0.717) is 22.6 Å². The molecule has 34 heavy (non-hydrogen) atoms. The SMILES string of the molecule is CCN(c1ccc(OCc2ccc(C(F)(F)F)cc2)cc1)S(=O)(=O)c1ccc(C)c(C(=O)O)c1. The largest absolute Gasteiger partial charge is 0.489 e. The number of anilines is 1. The van der Waals surface area contributed by atoms with Crippen LogP contribution in [0, 0.1) is 6.92 Å². The fourth-order valence-corrected chi connectivity index (χ4v) is 4.78. The van der Waals surface area contributed by atoms with E-state index in [9.17, 15) is 31.5 Å². The van der Waals surface area contributed by atoms with Gasteiger partial charge in [-0.25, -0.2) is 13.2 Å². The number of hydrogen-bond donors (Lipinski definition) is 1. The van der Waals surface area contributed by atoms with Gasteiger partial charge in [0, 0.05) is 6.54 Å². The van der Waals surface area contributed by atoms with Crippen molar-refractivity contribution in [1.82, 2.24) is 0 Å². The van der Waals surface area contributed by atoms with Crippen molar-refractivity contribution in [3.63, 3.8) is 0 Å². The van der Waals surface area contributed by atoms with Gasteiger partial charge in [-0.15, -0.1) is 0 Å². The summed E-state index contributed by atoms with van der Waals surface area (Å²) in [7, 11) is -4.02. The van der Waals surface area contributed by atoms with Crippen LogP contribution in [0.15, 0.2) is 71.6 Å². The van der Waals surface area contributed by atoms with E-state index in [0.717, 1.165) is 22.5 Å². The van der Waals surface area contributed by atoms with Gasteiger partial charge in [0.25, 0.3) is 10.0 Å². The molecule has 0 bridgehead atoms. The maximum atomic E-state index is 13.2. The van der Waals surface area contributed by atoms with Crippen molar-refractivity contribution in [2.45, 2.75) is 31.5 Å². The van der Waals surface area contributed by atoms with E-state index in [1.54, 1.807) is 26.0 Å². The molecule has 3 aromatic carbocycles. The summed E-state index contributed by atoms with van der Waals surface area (Å²) in [6.07, 6.45) is -4.41. The smallest absolute Gasteiger partial charge is 0.416 e. The Morgan fingerprint density at radius 2 is 1.62 bits per heavy atom. The van der Waals surface area contributed by atoms with Crippen LogP contribution in [0.2, 0.25) is 0 Å². The van der Waals surface area contributed by atoms with E-state index in [4.69, 9.17) is 4.74 Å². The quantitative estimate of drug-likeness (QED) is 0.448. The highest BCUT2D eigenvalue weighted by molar-refractivity contribution is 7.92. The molecule has 0 fully saturated rings. The van der Waals surface area contributed by atoms with Crippen LogP contribution in [0.3, 0.4) is 0 Å². The lowest BCUT2D eigenvalue weighted by Crippen LogP contribution is -2.31. The second-order valence-electron chi connectivity index (χ2n) is 7.43. The van der Waals surface area contributed by atoms with Gasteiger partial charge in [-0.2, -0.15) is 13.2 Å². The number of aromatic carboxylic acids is 1. The Balaban J connectivity index is 1.76. The van der Waals surface area contributed by atoms with Crippen LogP contribution >= 0.6 is 0 Å². The Kier molecular flexibility index (Phi) is 7.21. The lowest BCUT2D eigenvalue weighted by molar-refractivity contribution is -0.137. The Labute approximate surface area is 195 Å². The molecule has 0 unspecified atom stereocenters. The van der Waals surface area contributed by atoms with Crippen LogP contribution in [-0.2, 0) is 22.8 Å². The Morgan fingerprint density at radius 3 is 2.15 bits per heavy atom. The molecule has 0 aliphatic heterocycles. The molecule has 3 aromatic rings. The number of halogens is 3. The molecule has 1 N–H and O–H groups in total. The van der Waals surface area contributed by atoms with Crippen LogP contribution in [0.25, 0.3) is 0 Å². The van der Waals surface area contributed by atoms with Gasteiger partial charge >= 0.3 is 12.1 Å². The van der Waals surface area contributed by atoms with Crippen LogP contribution in [0.4, 0.5) is 18.9 Å². The van der Waals surface area contributed by atoms with Gasteiger partial charge in [0.1, 0.15) is 12.4 Å². The number of aryl methyl sites for hydroxylation is 1. The molecule has 0 saturated carbocycles. The number of rotatable bonds is 8. The Bertz CT molecular complexity index is 1270. The molecule has 0 aromatic heterocycles. The molecular weight excluding hydrogens is 471 g/mol. The third-order valence-corrected chi connectivity index (χ3v) is 7.03. The third-order valence-electron chi connectivity index (χ3n) is 5.13. The fraction of sp³-hybridized carbons (Fsp3) is 0.208. The summed E-state index contributed by atoms with van der Waals surface area (Å²) in [5.74, 6) is -0.812. The van der Waals surface area contributed by atoms with Gasteiger partial charge in [-0.1, -0.05) is 18.2 Å². The van der Waals surface area contributed by atoms with Crippen molar-refractivity contribution >= 4 is 21.7 Å². The second-order valence-corrected chi connectivity index (χ2v) is 9.29. The molecule has 0 aliphatic rings. The number of carboxylic acids is 1. The first-order valence-corrected chi connectivity index (χ1v) is 11.6. The molecular formula is C24H22F3NO5S. The van der Waals surface area contributed by atoms with Crippen LogP contribution in [0.1, 0.15) is 34.0 Å². The number of carbonyl (C=O) groups is 1. The Morgan fingerprint density at radius 1 is 1.00 bits per heavy atom. The highest BCUT2D eigenvalue weighted by atomic mass is 32.2. The topological polar surface area (TPSA) is 83.9 Å². The molecule has 0 amide bonds. The summed E-state index contributed by atoms with van der Waals surface area (Å²) in [4.78, 5) is 11.3. The third kappa shape index (κ3) is 5.51. The highest BCUT2D eigenvalue weighted by Gasteiger charge is 2.30. The molecule has 0 radical (unpaired) electrons. The Hall–Kier alpha value is -3.53. The van der Waals surface area contributed by atoms with Crippen LogP contribution in [0.5, 0.6) is 5.75 Å². The van der Waals surface area contributed by atoms with Crippen LogP contribution < -0.4 is 9.04 Å². The van der Waals surface area contributed by atoms with E-state index in [-0.39, 0.29) is 23.6 Å². The molecule has 10 heteroatoms. The normalized spacial score (nSPS) is 11.8. The summed E-state index contributed by atoms with van der Waals surface area (Å²) in [6.45, 7) is 3.37. The number of ether oxygens (including phenoxy) is 1. The monoisotopic (exact) mass is 493 g/mol. The van der Waals surface area contributed by atoms with Gasteiger partial charge < -0.3 is 9.84 Å². The number of carboxylic acid groups (broad SMARTS) is 1. The van der Waals surface area contributed by atoms with Crippen molar-refractivity contribution in [2.24, 2.45) is 0 Å². The average Bonchev–Trinajstić information content (AvgIpc) is 2.78. The fourth-order valence-electron chi connectivity index (χ4n) is 3.28. The predicted octanol–water partition coefficient (Wildman–Crippen LogP) is 5.51. The standard InChI is InChI=1S/C24H22F3NO5S/c1-3-28(34(31,32)21-13-4-16(2)22(14-21)23(29)30)19-9-11-20(12-10-19)33-15-17-5-7-18(8-6-17)24(25,26)27/h4-14H,3,15H2,1-2H3,(H,29,30). The lowest BCUT2D eigenvalue weighted by Gasteiger charge is -2.23. The zero-order valence-corrected chi connectivity index (χ0v) is 19.2. The van der Waals surface area contributed by atoms with Gasteiger partial charge in [-0.05, 0) is 73.5 Å². The summed E-state index contributed by atoms with van der Waals surface area (Å²) in [5.41, 5.74) is 0.504. The van der Waals surface area contributed by atoms with E-state index >= 15 is 0 Å². The van der Waals surface area contributed by atoms with Gasteiger partial charge in [-0.3, -0.25) is 4.31 Å². The predicted molar refractivity (Wildman–Crippen MR) is 121 cm³/mol. The average molecular weight is 494 g/mol. The first-order chi connectivity index (χ1) is 15.9. The molecule has 0 aliphatic carbocycles. The maximum absolute atomic E-state index is 13.2. The van der Waals surface area contributed by atoms with E-state index in [2.05, 4.69) is 0 Å². The van der Waals surface area contributed by atoms with E-state index < -0.39 is 27.7 Å². The summed E-state index contributed by atoms with van der Waals surface area (Å²) in [5, 5.41) is 9.31. The molecule has 6 nitrogen and oxygen atoms in total. The zero-order valence-electron chi connectivity index (χ0n) is 18.3. The molecule has 3 rings (SSSR count). The van der Waals surface area contributed by atoms with Crippen LogP contribution in [-0.4, -0.2) is 26.0 Å². The second kappa shape index (κ2) is 9.76. The van der Waals surface area contributed by atoms with E-state index in [1.165, 1.54) is 36.4 Å². The van der Waals surface area contributed by atoms with Gasteiger partial charge in [0.2, 0.25) is 0 Å². The number of benzene rings is 3. The van der Waals surface area contributed by atoms with Crippen molar-refractivity contribution in [3.8, 4) is 5.75 Å². The van der Waals surface area contributed by atoms with Gasteiger partial charge in [0.05, 0.1) is 21.7 Å². The molecule has 0 spiro atoms. The lowest BCUT2D eigenvalue weighted by atomic mass is 10.1. The van der Waals surface area contributed by atoms with Gasteiger partial charge in [0.15, 0.2) is 0 Å². The van der Waals surface area contributed by atoms with Crippen molar-refractivity contribution in [2.75, 3.05) is 10.8 Å². The minimum absolute atomic E-state index is 0.0363. The first kappa shape index (κ1) is 25.1. The summed E-state index contributed by atoms with van der Waals surface area (Å²) < 4.78 is 71.1. The minimum atomic E-state index is -4.41. The summed E-state index contributed by atoms with van der Waals surface area (Å²) in [6, 6.07) is 14.7. The van der Waals surface area contributed by atoms with E-state index in [1.807, 2.05) is 0 Å². The first-order valence-electron chi connectivity index (χ1n) is 10.2. The zero-order chi connectivity index (χ0) is 25.1. The number of hydrogen-bond acceptors (Lipinski definition) is 4. The maximum Gasteiger partial charge on any atom is 0.416 e. The number of nitrogens with zero attached hydrogens (tertiary/aromatic N) is 1.